The minimum absolute atomic E-state index is 0.548. The van der Waals surface area contributed by atoms with E-state index in [1.807, 2.05) is 0 Å². The number of hydrogen-bond donors (Lipinski definition) is 0. The van der Waals surface area contributed by atoms with E-state index in [0.717, 1.165) is 0 Å². The molecule has 0 aliphatic heterocycles. The quantitative estimate of drug-likeness (QED) is 0.105. The van der Waals surface area contributed by atoms with Gasteiger partial charge >= 0.3 is 45.1 Å². The third kappa shape index (κ3) is 26.0. The van der Waals surface area contributed by atoms with Crippen LogP contribution in [0, 0.1) is 5.41 Å². The van der Waals surface area contributed by atoms with Crippen LogP contribution >= 0.6 is 47.0 Å². The van der Waals surface area contributed by atoms with E-state index in [1.54, 1.807) is 83.1 Å². The van der Waals surface area contributed by atoms with Crippen LogP contribution in [0.15, 0.2) is 0 Å². The van der Waals surface area contributed by atoms with Gasteiger partial charge in [0, 0.05) is 0 Å². The van der Waals surface area contributed by atoms with Crippen LogP contribution in [-0.4, -0.2) is 115 Å². The molecule has 0 amide bonds. The Kier molecular flexibility index (Phi) is 21.9. The van der Waals surface area contributed by atoms with Crippen LogP contribution in [0.1, 0.15) is 111 Å². The van der Waals surface area contributed by atoms with E-state index < -0.39 is 120 Å². The van der Waals surface area contributed by atoms with E-state index in [9.17, 15) is 38.4 Å². The highest BCUT2D eigenvalue weighted by atomic mass is 32.2. The number of rotatable bonds is 16. The van der Waals surface area contributed by atoms with Gasteiger partial charge in [0.05, 0.1) is 0 Å². The number of esters is 4. The van der Waals surface area contributed by atoms with Crippen molar-refractivity contribution in [1.29, 1.82) is 0 Å². The molecule has 0 aliphatic carbocycles. The molecule has 16 nitrogen and oxygen atoms in total. The Morgan fingerprint density at radius 1 is 0.351 bits per heavy atom. The molecule has 4 atom stereocenters. The summed E-state index contributed by atoms with van der Waals surface area (Å²) in [6, 6.07) is 0. The molecule has 0 aromatic rings. The van der Waals surface area contributed by atoms with Crippen molar-refractivity contribution in [2.45, 2.75) is 154 Å². The van der Waals surface area contributed by atoms with Gasteiger partial charge in [-0.1, -0.05) is 0 Å². The second-order valence-electron chi connectivity index (χ2n) is 16.8. The molecule has 0 aromatic carbocycles. The highest BCUT2D eigenvalue weighted by molar-refractivity contribution is 8.15. The Morgan fingerprint density at radius 3 is 0.649 bits per heavy atom. The number of carbonyl (C=O) groups is 8. The summed E-state index contributed by atoms with van der Waals surface area (Å²) in [5.74, 6) is -3.68. The van der Waals surface area contributed by atoms with Crippen molar-refractivity contribution in [1.82, 2.24) is 0 Å². The molecule has 0 rings (SSSR count). The van der Waals surface area contributed by atoms with Crippen LogP contribution in [-0.2, 0) is 57.1 Å². The third-order valence-corrected chi connectivity index (χ3v) is 9.35. The second kappa shape index (κ2) is 23.1. The Hall–Kier alpha value is -2.84. The van der Waals surface area contributed by atoms with Gasteiger partial charge in [-0.3, -0.25) is 19.2 Å². The van der Waals surface area contributed by atoms with Crippen molar-refractivity contribution in [3.05, 3.63) is 0 Å². The first-order valence-electron chi connectivity index (χ1n) is 17.9. The van der Waals surface area contributed by atoms with Gasteiger partial charge in [0.1, 0.15) is 75.2 Å². The molecule has 0 bridgehead atoms. The third-order valence-electron chi connectivity index (χ3n) is 6.06. The summed E-state index contributed by atoms with van der Waals surface area (Å²) in [5, 5.41) is -7.42. The van der Waals surface area contributed by atoms with Crippen molar-refractivity contribution in [3.63, 3.8) is 0 Å². The molecule has 0 fully saturated rings. The van der Waals surface area contributed by atoms with E-state index in [2.05, 4.69) is 0 Å². The summed E-state index contributed by atoms with van der Waals surface area (Å²) in [6.07, 6.45) is 0. The smallest absolute Gasteiger partial charge is 0.368 e. The van der Waals surface area contributed by atoms with Gasteiger partial charge in [0.15, 0.2) is 0 Å². The maximum absolute atomic E-state index is 13.2. The van der Waals surface area contributed by atoms with Gasteiger partial charge < -0.3 is 37.9 Å². The number of ether oxygens (including phenoxy) is 8. The van der Waals surface area contributed by atoms with E-state index in [-0.39, 0.29) is 0 Å². The maximum Gasteiger partial charge on any atom is 0.368 e. The number of carbonyl (C=O) groups excluding carboxylic acids is 8. The lowest BCUT2D eigenvalue weighted by Gasteiger charge is -2.33. The van der Waals surface area contributed by atoms with Crippen LogP contribution in [0.25, 0.3) is 0 Å². The molecule has 0 saturated carbocycles. The van der Waals surface area contributed by atoms with Crippen molar-refractivity contribution in [2.24, 2.45) is 5.41 Å². The zero-order valence-electron chi connectivity index (χ0n) is 35.8. The molecule has 4 unspecified atom stereocenters. The first-order valence-corrected chi connectivity index (χ1v) is 21.4. The summed E-state index contributed by atoms with van der Waals surface area (Å²) in [7, 11) is 0. The van der Waals surface area contributed by atoms with Gasteiger partial charge in [-0.2, -0.15) is 0 Å². The minimum atomic E-state index is -1.81. The fourth-order valence-electron chi connectivity index (χ4n) is 3.48. The topological polar surface area (TPSA) is 210 Å². The van der Waals surface area contributed by atoms with Crippen molar-refractivity contribution >= 4 is 92.1 Å². The van der Waals surface area contributed by atoms with Crippen molar-refractivity contribution in [3.8, 4) is 0 Å². The van der Waals surface area contributed by atoms with Crippen LogP contribution in [0.4, 0.5) is 19.2 Å². The van der Waals surface area contributed by atoms with Crippen LogP contribution in [0.5, 0.6) is 0 Å². The first-order chi connectivity index (χ1) is 25.6. The summed E-state index contributed by atoms with van der Waals surface area (Å²) in [6.45, 7) is 22.6. The SMILES string of the molecule is CC(SC(=O)OC(C)(C)C)C(=O)OCC(COC(=O)C(C)SC(=O)OC(C)(C)C)(COC(=O)C(C)SC(=O)OC(C)(C)C)COC(=O)C(C)SC(=O)OC(C)(C)C. The lowest BCUT2D eigenvalue weighted by molar-refractivity contribution is -0.169. The number of hydrogen-bond acceptors (Lipinski definition) is 20. The summed E-state index contributed by atoms with van der Waals surface area (Å²) >= 11 is 2.19. The predicted molar refractivity (Wildman–Crippen MR) is 219 cm³/mol. The average molecular weight is 889 g/mol. The molecular weight excluding hydrogens is 829 g/mol. The Labute approximate surface area is 353 Å². The molecule has 0 aliphatic rings. The average Bonchev–Trinajstić information content (AvgIpc) is 2.99. The first kappa shape index (κ1) is 54.2. The predicted octanol–water partition coefficient (Wildman–Crippen LogP) is 8.37. The molecule has 0 N–H and O–H groups in total. The van der Waals surface area contributed by atoms with E-state index >= 15 is 0 Å². The lowest BCUT2D eigenvalue weighted by atomic mass is 9.92. The molecule has 0 saturated heterocycles. The zero-order valence-corrected chi connectivity index (χ0v) is 39.1. The highest BCUT2D eigenvalue weighted by Gasteiger charge is 2.41. The molecular formula is C37H60O16S4. The highest BCUT2D eigenvalue weighted by Crippen LogP contribution is 2.28. The molecule has 0 spiro atoms. The molecule has 0 radical (unpaired) electrons. The summed E-state index contributed by atoms with van der Waals surface area (Å²) in [5.41, 5.74) is -5.15. The standard InChI is InChI=1S/C37H60O16S4/c1-21(54-29(42)50-33(5,6)7)25(38)46-17-37(18-47-26(39)22(2)55-30(43)51-34(8,9)10,19-48-27(40)23(3)56-31(44)52-35(11,12)13)20-49-28(41)24(4)57-32(45)53-36(14,15)16/h21-24H,17-20H2,1-16H3. The van der Waals surface area contributed by atoms with Crippen LogP contribution in [0.2, 0.25) is 0 Å². The molecule has 328 valence electrons. The van der Waals surface area contributed by atoms with Gasteiger partial charge in [0.2, 0.25) is 0 Å². The Balaban J connectivity index is 6.60. The van der Waals surface area contributed by atoms with E-state index in [0.29, 0.717) is 47.0 Å². The maximum atomic E-state index is 13.2. The second-order valence-corrected chi connectivity index (χ2v) is 21.9. The van der Waals surface area contributed by atoms with Crippen LogP contribution < -0.4 is 0 Å². The van der Waals surface area contributed by atoms with Crippen molar-refractivity contribution < 1.29 is 76.3 Å². The minimum Gasteiger partial charge on any atom is -0.464 e. The Bertz CT molecular complexity index is 1210. The molecule has 57 heavy (non-hydrogen) atoms. The normalized spacial score (nSPS) is 15.3. The largest absolute Gasteiger partial charge is 0.464 e. The van der Waals surface area contributed by atoms with Gasteiger partial charge in [-0.25, -0.2) is 19.2 Å². The van der Waals surface area contributed by atoms with Crippen molar-refractivity contribution in [2.75, 3.05) is 26.4 Å². The molecule has 0 aromatic heterocycles. The summed E-state index contributed by atoms with van der Waals surface area (Å²) in [4.78, 5) is 102. The fraction of sp³-hybridized carbons (Fsp3) is 0.784. The van der Waals surface area contributed by atoms with Gasteiger partial charge in [-0.05, 0) is 158 Å². The summed E-state index contributed by atoms with van der Waals surface area (Å²) < 4.78 is 43.3. The number of thioether (sulfide) groups is 4. The lowest BCUT2D eigenvalue weighted by Crippen LogP contribution is -2.46. The van der Waals surface area contributed by atoms with Gasteiger partial charge in [0.25, 0.3) is 0 Å². The fourth-order valence-corrected chi connectivity index (χ4v) is 6.49. The Morgan fingerprint density at radius 2 is 0.509 bits per heavy atom. The van der Waals surface area contributed by atoms with Crippen LogP contribution in [0.3, 0.4) is 0 Å². The van der Waals surface area contributed by atoms with Gasteiger partial charge in [-0.15, -0.1) is 0 Å². The van der Waals surface area contributed by atoms with E-state index in [1.165, 1.54) is 27.7 Å². The monoisotopic (exact) mass is 888 g/mol. The van der Waals surface area contributed by atoms with E-state index in [4.69, 9.17) is 37.9 Å². The zero-order chi connectivity index (χ0) is 44.7. The molecule has 0 heterocycles. The molecule has 20 heteroatoms.